The van der Waals surface area contributed by atoms with Crippen molar-refractivity contribution in [2.75, 3.05) is 11.5 Å². The molecule has 4 heteroatoms. The van der Waals surface area contributed by atoms with E-state index in [1.807, 2.05) is 29.5 Å². The number of aryl methyl sites for hydroxylation is 2. The van der Waals surface area contributed by atoms with Gasteiger partial charge in [0.05, 0.1) is 0 Å². The van der Waals surface area contributed by atoms with Gasteiger partial charge in [0, 0.05) is 38.8 Å². The molecule has 0 amide bonds. The molecule has 19 heavy (non-hydrogen) atoms. The Kier molecular flexibility index (Phi) is 4.12. The van der Waals surface area contributed by atoms with Gasteiger partial charge in [0.25, 0.3) is 0 Å². The normalized spacial score (nSPS) is 10.9. The third-order valence-electron chi connectivity index (χ3n) is 3.36. The summed E-state index contributed by atoms with van der Waals surface area (Å²) in [5.41, 5.74) is 22.9. The van der Waals surface area contributed by atoms with Gasteiger partial charge < -0.3 is 17.2 Å². The van der Waals surface area contributed by atoms with Gasteiger partial charge in [-0.3, -0.25) is 0 Å². The predicted molar refractivity (Wildman–Crippen MR) is 85.2 cm³/mol. The summed E-state index contributed by atoms with van der Waals surface area (Å²) in [4.78, 5) is 2.70. The highest BCUT2D eigenvalue weighted by molar-refractivity contribution is 7.12. The van der Waals surface area contributed by atoms with Gasteiger partial charge in [0.1, 0.15) is 0 Å². The Bertz CT molecular complexity index is 587. The largest absolute Gasteiger partial charge is 0.399 e. The first kappa shape index (κ1) is 13.9. The number of benzene rings is 1. The number of nitrogen functional groups attached to an aromatic ring is 2. The van der Waals surface area contributed by atoms with Crippen LogP contribution >= 0.6 is 11.3 Å². The molecule has 6 N–H and O–H groups in total. The average molecular weight is 275 g/mol. The second kappa shape index (κ2) is 5.63. The van der Waals surface area contributed by atoms with Crippen LogP contribution in [0, 0.1) is 0 Å². The molecule has 0 aliphatic carbocycles. The van der Waals surface area contributed by atoms with Crippen LogP contribution in [0.4, 0.5) is 11.4 Å². The van der Waals surface area contributed by atoms with Gasteiger partial charge in [-0.1, -0.05) is 13.8 Å². The lowest BCUT2D eigenvalue weighted by molar-refractivity contribution is 1.03. The molecule has 0 saturated heterocycles. The molecule has 2 aromatic rings. The topological polar surface area (TPSA) is 78.1 Å². The summed E-state index contributed by atoms with van der Waals surface area (Å²) in [6.45, 7) is 4.87. The van der Waals surface area contributed by atoms with Gasteiger partial charge in [0.2, 0.25) is 0 Å². The smallest absolute Gasteiger partial charge is 0.0395 e. The van der Waals surface area contributed by atoms with E-state index in [-0.39, 0.29) is 0 Å². The van der Waals surface area contributed by atoms with Crippen molar-refractivity contribution in [3.63, 3.8) is 0 Å². The number of nitrogens with two attached hydrogens (primary N) is 3. The average Bonchev–Trinajstić information content (AvgIpc) is 2.78. The Hall–Kier alpha value is -1.52. The molecule has 0 aliphatic rings. The highest BCUT2D eigenvalue weighted by Crippen LogP contribution is 2.40. The molecule has 0 fully saturated rings. The Morgan fingerprint density at radius 3 is 2.32 bits per heavy atom. The van der Waals surface area contributed by atoms with Crippen molar-refractivity contribution >= 4 is 22.7 Å². The zero-order chi connectivity index (χ0) is 14.0. The quantitative estimate of drug-likeness (QED) is 0.750. The first-order chi connectivity index (χ1) is 9.12. The second-order valence-electron chi connectivity index (χ2n) is 4.56. The predicted octanol–water partition coefficient (Wildman–Crippen LogP) is 3.16. The van der Waals surface area contributed by atoms with Crippen molar-refractivity contribution in [2.24, 2.45) is 5.73 Å². The summed E-state index contributed by atoms with van der Waals surface area (Å²) >= 11 is 1.84. The Balaban J connectivity index is 2.72. The monoisotopic (exact) mass is 275 g/mol. The van der Waals surface area contributed by atoms with Gasteiger partial charge in [-0.15, -0.1) is 11.3 Å². The molecule has 0 radical (unpaired) electrons. The van der Waals surface area contributed by atoms with Crippen LogP contribution in [-0.2, 0) is 19.4 Å². The van der Waals surface area contributed by atoms with E-state index in [0.29, 0.717) is 6.54 Å². The third-order valence-corrected chi connectivity index (χ3v) is 4.88. The van der Waals surface area contributed by atoms with Crippen LogP contribution in [-0.4, -0.2) is 0 Å². The van der Waals surface area contributed by atoms with Crippen LogP contribution in [0.15, 0.2) is 18.2 Å². The summed E-state index contributed by atoms with van der Waals surface area (Å²) in [5.74, 6) is 0. The van der Waals surface area contributed by atoms with Crippen molar-refractivity contribution in [2.45, 2.75) is 33.2 Å². The van der Waals surface area contributed by atoms with Crippen LogP contribution in [0.5, 0.6) is 0 Å². The van der Waals surface area contributed by atoms with Crippen molar-refractivity contribution in [1.82, 2.24) is 0 Å². The number of thiophene rings is 1. The number of hydrogen-bond donors (Lipinski definition) is 3. The molecule has 1 aromatic carbocycles. The first-order valence-electron chi connectivity index (χ1n) is 6.61. The highest BCUT2D eigenvalue weighted by Gasteiger charge is 2.18. The fourth-order valence-electron chi connectivity index (χ4n) is 2.42. The maximum absolute atomic E-state index is 6.13. The molecule has 2 rings (SSSR count). The van der Waals surface area contributed by atoms with E-state index >= 15 is 0 Å². The highest BCUT2D eigenvalue weighted by atomic mass is 32.1. The van der Waals surface area contributed by atoms with Crippen molar-refractivity contribution in [1.29, 1.82) is 0 Å². The minimum atomic E-state index is 0.545. The lowest BCUT2D eigenvalue weighted by Gasteiger charge is -2.10. The second-order valence-corrected chi connectivity index (χ2v) is 5.75. The van der Waals surface area contributed by atoms with Crippen LogP contribution in [0.3, 0.4) is 0 Å². The lowest BCUT2D eigenvalue weighted by Crippen LogP contribution is -2.02. The molecule has 0 saturated carbocycles. The van der Waals surface area contributed by atoms with Crippen LogP contribution in [0.25, 0.3) is 11.1 Å². The van der Waals surface area contributed by atoms with E-state index < -0.39 is 0 Å². The van der Waals surface area contributed by atoms with Gasteiger partial charge in [0.15, 0.2) is 0 Å². The zero-order valence-corrected chi connectivity index (χ0v) is 12.3. The zero-order valence-electron chi connectivity index (χ0n) is 11.5. The Morgan fingerprint density at radius 1 is 1.05 bits per heavy atom. The standard InChI is InChI=1S/C15H21N3S/c1-3-13-11(8-16)15(14(4-2)19-13)10-7-9(17)5-6-12(10)18/h5-7H,3-4,8,16-18H2,1-2H3. The lowest BCUT2D eigenvalue weighted by atomic mass is 9.96. The summed E-state index contributed by atoms with van der Waals surface area (Å²) in [5, 5.41) is 0. The van der Waals surface area contributed by atoms with E-state index in [4.69, 9.17) is 17.2 Å². The van der Waals surface area contributed by atoms with E-state index in [2.05, 4.69) is 13.8 Å². The van der Waals surface area contributed by atoms with Gasteiger partial charge in [-0.25, -0.2) is 0 Å². The maximum atomic E-state index is 6.13. The molecule has 1 aromatic heterocycles. The van der Waals surface area contributed by atoms with E-state index in [1.165, 1.54) is 20.9 Å². The van der Waals surface area contributed by atoms with Gasteiger partial charge in [-0.05, 0) is 36.6 Å². The summed E-state index contributed by atoms with van der Waals surface area (Å²) in [7, 11) is 0. The molecule has 0 aliphatic heterocycles. The summed E-state index contributed by atoms with van der Waals surface area (Å²) < 4.78 is 0. The number of hydrogen-bond acceptors (Lipinski definition) is 4. The minimum absolute atomic E-state index is 0.545. The molecule has 0 spiro atoms. The molecule has 3 nitrogen and oxygen atoms in total. The minimum Gasteiger partial charge on any atom is -0.399 e. The fourth-order valence-corrected chi connectivity index (χ4v) is 3.65. The maximum Gasteiger partial charge on any atom is 0.0395 e. The number of anilines is 2. The van der Waals surface area contributed by atoms with Crippen LogP contribution in [0.2, 0.25) is 0 Å². The van der Waals surface area contributed by atoms with Gasteiger partial charge >= 0.3 is 0 Å². The third kappa shape index (κ3) is 2.46. The van der Waals surface area contributed by atoms with Crippen molar-refractivity contribution in [3.05, 3.63) is 33.5 Å². The first-order valence-corrected chi connectivity index (χ1v) is 7.42. The fraction of sp³-hybridized carbons (Fsp3) is 0.333. The van der Waals surface area contributed by atoms with Crippen LogP contribution in [0.1, 0.15) is 29.2 Å². The number of rotatable bonds is 4. The summed E-state index contributed by atoms with van der Waals surface area (Å²) in [6.07, 6.45) is 1.99. The van der Waals surface area contributed by atoms with Gasteiger partial charge in [-0.2, -0.15) is 0 Å². The van der Waals surface area contributed by atoms with Crippen LogP contribution < -0.4 is 17.2 Å². The molecule has 0 unspecified atom stereocenters. The van der Waals surface area contributed by atoms with E-state index in [1.54, 1.807) is 0 Å². The molecule has 0 atom stereocenters. The van der Waals surface area contributed by atoms with E-state index in [0.717, 1.165) is 29.8 Å². The summed E-state index contributed by atoms with van der Waals surface area (Å²) in [6, 6.07) is 5.66. The SMILES string of the molecule is CCc1sc(CC)c(-c2cc(N)ccc2N)c1CN. The molecule has 102 valence electrons. The molecule has 1 heterocycles. The Morgan fingerprint density at radius 2 is 1.74 bits per heavy atom. The molecular formula is C15H21N3S. The van der Waals surface area contributed by atoms with Crippen molar-refractivity contribution < 1.29 is 0 Å². The van der Waals surface area contributed by atoms with Crippen molar-refractivity contribution in [3.8, 4) is 11.1 Å². The Labute approximate surface area is 118 Å². The van der Waals surface area contributed by atoms with E-state index in [9.17, 15) is 0 Å². The molecular weight excluding hydrogens is 254 g/mol. The molecule has 0 bridgehead atoms.